The van der Waals surface area contributed by atoms with Gasteiger partial charge in [0.25, 0.3) is 0 Å². The van der Waals surface area contributed by atoms with Gasteiger partial charge in [-0.15, -0.1) is 0 Å². The van der Waals surface area contributed by atoms with Gasteiger partial charge < -0.3 is 29.3 Å². The second-order valence-corrected chi connectivity index (χ2v) is 14.5. The fraction of sp³-hybridized carbons (Fsp3) is 0.730. The van der Waals surface area contributed by atoms with Crippen molar-refractivity contribution in [2.75, 3.05) is 27.8 Å². The van der Waals surface area contributed by atoms with E-state index in [0.29, 0.717) is 19.4 Å². The molecule has 1 aliphatic heterocycles. The topological polar surface area (TPSA) is 114 Å². The third-order valence-electron chi connectivity index (χ3n) is 9.18. The van der Waals surface area contributed by atoms with E-state index in [1.54, 1.807) is 53.9 Å². The maximum absolute atomic E-state index is 14.0. The summed E-state index contributed by atoms with van der Waals surface area (Å²) in [4.78, 5) is 57.5. The summed E-state index contributed by atoms with van der Waals surface area (Å²) in [6.45, 7) is 15.9. The van der Waals surface area contributed by atoms with Crippen LogP contribution >= 0.6 is 0 Å². The number of amides is 3. The number of esters is 1. The highest BCUT2D eigenvalue weighted by Crippen LogP contribution is 2.29. The Bertz CT molecular complexity index is 1150. The van der Waals surface area contributed by atoms with Crippen molar-refractivity contribution in [2.45, 2.75) is 130 Å². The number of nitrogens with zero attached hydrogens (tertiary/aromatic N) is 2. The molecule has 1 fully saturated rings. The summed E-state index contributed by atoms with van der Waals surface area (Å²) < 4.78 is 17.5. The Balaban J connectivity index is 2.24. The van der Waals surface area contributed by atoms with E-state index >= 15 is 0 Å². The van der Waals surface area contributed by atoms with Gasteiger partial charge in [-0.3, -0.25) is 14.4 Å². The summed E-state index contributed by atoms with van der Waals surface area (Å²) in [5, 5.41) is 2.93. The van der Waals surface area contributed by atoms with Crippen LogP contribution in [0.4, 0.5) is 0 Å². The minimum Gasteiger partial charge on any atom is -0.458 e. The molecular weight excluding hydrogens is 598 g/mol. The Morgan fingerprint density at radius 1 is 1.00 bits per heavy atom. The fourth-order valence-electron chi connectivity index (χ4n) is 6.54. The normalized spacial score (nSPS) is 19.0. The van der Waals surface area contributed by atoms with Crippen molar-refractivity contribution in [1.82, 2.24) is 15.1 Å². The molecule has 10 nitrogen and oxygen atoms in total. The summed E-state index contributed by atoms with van der Waals surface area (Å²) in [6.07, 6.45) is 2.02. The summed E-state index contributed by atoms with van der Waals surface area (Å²) in [6, 6.07) is 8.00. The molecule has 1 aromatic rings. The van der Waals surface area contributed by atoms with Crippen LogP contribution in [-0.2, 0) is 39.8 Å². The summed E-state index contributed by atoms with van der Waals surface area (Å²) in [5.74, 6) is -1.24. The van der Waals surface area contributed by atoms with Crippen molar-refractivity contribution < 1.29 is 33.4 Å². The molecule has 0 spiro atoms. The Morgan fingerprint density at radius 2 is 1.64 bits per heavy atom. The third-order valence-corrected chi connectivity index (χ3v) is 9.18. The first kappa shape index (κ1) is 40.2. The van der Waals surface area contributed by atoms with E-state index in [0.717, 1.165) is 18.4 Å². The lowest BCUT2D eigenvalue weighted by Gasteiger charge is -2.39. The number of hydrogen-bond donors (Lipinski definition) is 1. The molecule has 2 rings (SSSR count). The van der Waals surface area contributed by atoms with Gasteiger partial charge >= 0.3 is 5.97 Å². The lowest BCUT2D eigenvalue weighted by Crippen LogP contribution is -2.54. The van der Waals surface area contributed by atoms with Crippen LogP contribution in [0.3, 0.4) is 0 Å². The third kappa shape index (κ3) is 11.9. The zero-order valence-corrected chi connectivity index (χ0v) is 30.7. The predicted octanol–water partition coefficient (Wildman–Crippen LogP) is 5.02. The average molecular weight is 660 g/mol. The lowest BCUT2D eigenvalue weighted by atomic mass is 9.90. The second kappa shape index (κ2) is 18.5. The van der Waals surface area contributed by atoms with Crippen LogP contribution in [0.2, 0.25) is 0 Å². The van der Waals surface area contributed by atoms with Gasteiger partial charge in [0.15, 0.2) is 0 Å². The van der Waals surface area contributed by atoms with Gasteiger partial charge in [0.2, 0.25) is 17.7 Å². The average Bonchev–Trinajstić information content (AvgIpc) is 3.49. The standard InChI is InChI=1S/C37H61N3O7/c1-12-25(4)33(39(9)31(41)21-24(2)3)30(45-10)23-32(42)40-20-16-19-29(40)34(46-11)26(5)35(43)38-28(36(44)47-37(6,7)8)22-27-17-14-13-15-18-27/h13-15,17-18,24-26,28-30,33-34H,12,16,19-23H2,1-11H3,(H,38,43)/t25-,26+,28-,29-,30+,33-,34+/m0/s1. The number of hydrogen-bond acceptors (Lipinski definition) is 7. The Labute approximate surface area is 283 Å². The number of methoxy groups -OCH3 is 2. The molecule has 1 heterocycles. The molecule has 3 amide bonds. The molecule has 1 N–H and O–H groups in total. The van der Waals surface area contributed by atoms with E-state index in [9.17, 15) is 19.2 Å². The molecule has 266 valence electrons. The quantitative estimate of drug-likeness (QED) is 0.234. The fourth-order valence-corrected chi connectivity index (χ4v) is 6.54. The second-order valence-electron chi connectivity index (χ2n) is 14.5. The van der Waals surface area contributed by atoms with Crippen molar-refractivity contribution >= 4 is 23.7 Å². The number of nitrogens with one attached hydrogen (secondary N) is 1. The Kier molecular flexibility index (Phi) is 15.9. The van der Waals surface area contributed by atoms with E-state index in [-0.39, 0.29) is 54.5 Å². The molecule has 0 aliphatic carbocycles. The van der Waals surface area contributed by atoms with Crippen molar-refractivity contribution in [3.8, 4) is 0 Å². The highest BCUT2D eigenvalue weighted by Gasteiger charge is 2.42. The molecule has 0 aromatic heterocycles. The van der Waals surface area contributed by atoms with Crippen LogP contribution in [0.5, 0.6) is 0 Å². The van der Waals surface area contributed by atoms with Crippen LogP contribution in [-0.4, -0.2) is 97.2 Å². The molecule has 1 aromatic carbocycles. The smallest absolute Gasteiger partial charge is 0.329 e. The number of ether oxygens (including phenoxy) is 3. The molecule has 0 unspecified atom stereocenters. The molecule has 1 aliphatic rings. The van der Waals surface area contributed by atoms with E-state index in [1.807, 2.05) is 49.1 Å². The Hall–Kier alpha value is -2.98. The van der Waals surface area contributed by atoms with Crippen LogP contribution in [0, 0.1) is 17.8 Å². The summed E-state index contributed by atoms with van der Waals surface area (Å²) >= 11 is 0. The Morgan fingerprint density at radius 3 is 2.17 bits per heavy atom. The molecule has 0 bridgehead atoms. The van der Waals surface area contributed by atoms with E-state index < -0.39 is 35.7 Å². The SMILES string of the molecule is CC[C@H](C)[C@@H]([C@@H](CC(=O)N1CCC[C@H]1[C@H](OC)[C@@H](C)C(=O)N[C@@H](Cc1ccccc1)C(=O)OC(C)(C)C)OC)N(C)C(=O)CC(C)C. The van der Waals surface area contributed by atoms with Crippen molar-refractivity contribution in [2.24, 2.45) is 17.8 Å². The molecule has 0 saturated carbocycles. The molecular formula is C37H61N3O7. The highest BCUT2D eigenvalue weighted by molar-refractivity contribution is 5.86. The summed E-state index contributed by atoms with van der Waals surface area (Å²) in [5.41, 5.74) is 0.180. The largest absolute Gasteiger partial charge is 0.458 e. The van der Waals surface area contributed by atoms with E-state index in [1.165, 1.54) is 0 Å². The van der Waals surface area contributed by atoms with Gasteiger partial charge in [-0.05, 0) is 51.0 Å². The maximum Gasteiger partial charge on any atom is 0.329 e. The number of carbonyl (C=O) groups excluding carboxylic acids is 4. The van der Waals surface area contributed by atoms with Gasteiger partial charge in [0.1, 0.15) is 11.6 Å². The van der Waals surface area contributed by atoms with Gasteiger partial charge in [0, 0.05) is 40.7 Å². The molecule has 47 heavy (non-hydrogen) atoms. The van der Waals surface area contributed by atoms with Crippen LogP contribution < -0.4 is 5.32 Å². The van der Waals surface area contributed by atoms with Crippen molar-refractivity contribution in [3.63, 3.8) is 0 Å². The maximum atomic E-state index is 14.0. The van der Waals surface area contributed by atoms with Gasteiger partial charge in [0.05, 0.1) is 36.6 Å². The molecule has 0 radical (unpaired) electrons. The lowest BCUT2D eigenvalue weighted by molar-refractivity contribution is -0.159. The first-order valence-corrected chi connectivity index (χ1v) is 17.2. The van der Waals surface area contributed by atoms with Gasteiger partial charge in [-0.2, -0.15) is 0 Å². The van der Waals surface area contributed by atoms with Crippen LogP contribution in [0.25, 0.3) is 0 Å². The molecule has 7 atom stereocenters. The van der Waals surface area contributed by atoms with Crippen LogP contribution in [0.15, 0.2) is 30.3 Å². The van der Waals surface area contributed by atoms with Crippen molar-refractivity contribution in [3.05, 3.63) is 35.9 Å². The number of likely N-dealkylation sites (tertiary alicyclic amines) is 1. The minimum atomic E-state index is -0.888. The number of carbonyl (C=O) groups is 4. The predicted molar refractivity (Wildman–Crippen MR) is 183 cm³/mol. The monoisotopic (exact) mass is 659 g/mol. The zero-order valence-electron chi connectivity index (χ0n) is 30.7. The number of likely N-dealkylation sites (N-methyl/N-ethyl adjacent to an activating group) is 1. The number of rotatable bonds is 17. The van der Waals surface area contributed by atoms with Gasteiger partial charge in [-0.25, -0.2) is 4.79 Å². The molecule has 10 heteroatoms. The highest BCUT2D eigenvalue weighted by atomic mass is 16.6. The summed E-state index contributed by atoms with van der Waals surface area (Å²) in [7, 11) is 4.95. The van der Waals surface area contributed by atoms with Crippen LogP contribution in [0.1, 0.15) is 93.1 Å². The van der Waals surface area contributed by atoms with Gasteiger partial charge in [-0.1, -0.05) is 71.4 Å². The van der Waals surface area contributed by atoms with Crippen molar-refractivity contribution in [1.29, 1.82) is 0 Å². The van der Waals surface area contributed by atoms with E-state index in [2.05, 4.69) is 19.2 Å². The first-order valence-electron chi connectivity index (χ1n) is 17.2. The minimum absolute atomic E-state index is 0.0371. The van der Waals surface area contributed by atoms with E-state index in [4.69, 9.17) is 14.2 Å². The zero-order chi connectivity index (χ0) is 35.5. The first-order chi connectivity index (χ1) is 22.0. The number of benzene rings is 1. The molecule has 1 saturated heterocycles.